The molecule has 1 saturated heterocycles. The summed E-state index contributed by atoms with van der Waals surface area (Å²) in [7, 11) is 0. The summed E-state index contributed by atoms with van der Waals surface area (Å²) in [6, 6.07) is 0. The molecule has 0 aliphatic carbocycles. The lowest BCUT2D eigenvalue weighted by Crippen LogP contribution is -2.59. The largest absolute Gasteiger partial charge is 0.394 e. The Kier molecular flexibility index (Phi) is 3.56. The van der Waals surface area contributed by atoms with Crippen molar-refractivity contribution in [3.05, 3.63) is 0 Å². The van der Waals surface area contributed by atoms with E-state index in [2.05, 4.69) is 9.62 Å². The van der Waals surface area contributed by atoms with Gasteiger partial charge in [0.1, 0.15) is 24.4 Å². The number of hydrogen-bond donors (Lipinski definition) is 5. The molecular weight excluding hydrogens is 184 g/mol. The van der Waals surface area contributed by atoms with Crippen LogP contribution in [0.25, 0.3) is 0 Å². The van der Waals surface area contributed by atoms with Crippen molar-refractivity contribution in [3.63, 3.8) is 0 Å². The van der Waals surface area contributed by atoms with E-state index >= 15 is 0 Å². The standard InChI is InChI=1S/C6H12O7/c7-1-2-5(13-11)3(8)4(9)6(10)12-2/h2-11H,1H2/t2-,3-,4+,5-,6+/m1/s1. The minimum Gasteiger partial charge on any atom is -0.394 e. The van der Waals surface area contributed by atoms with Gasteiger partial charge >= 0.3 is 0 Å². The van der Waals surface area contributed by atoms with Crippen molar-refractivity contribution in [1.29, 1.82) is 0 Å². The normalized spacial score (nSPS) is 46.4. The molecule has 0 aromatic heterocycles. The molecule has 7 heteroatoms. The van der Waals surface area contributed by atoms with Crippen molar-refractivity contribution in [2.75, 3.05) is 6.61 Å². The SMILES string of the molecule is OC[C@H]1O[C@H](O)[C@@H](O)[C@@H](O)[C@@H]1OO. The Balaban J connectivity index is 2.69. The lowest BCUT2D eigenvalue weighted by atomic mass is 9.99. The third-order valence-electron chi connectivity index (χ3n) is 1.96. The highest BCUT2D eigenvalue weighted by atomic mass is 17.1. The highest BCUT2D eigenvalue weighted by molar-refractivity contribution is 4.88. The second kappa shape index (κ2) is 4.29. The van der Waals surface area contributed by atoms with E-state index in [1.165, 1.54) is 0 Å². The van der Waals surface area contributed by atoms with Crippen LogP contribution in [0, 0.1) is 0 Å². The van der Waals surface area contributed by atoms with Gasteiger partial charge < -0.3 is 25.2 Å². The summed E-state index contributed by atoms with van der Waals surface area (Å²) >= 11 is 0. The monoisotopic (exact) mass is 196 g/mol. The molecule has 0 aromatic carbocycles. The van der Waals surface area contributed by atoms with E-state index in [4.69, 9.17) is 20.6 Å². The van der Waals surface area contributed by atoms with Gasteiger partial charge in [0.15, 0.2) is 6.29 Å². The lowest BCUT2D eigenvalue weighted by molar-refractivity contribution is -0.371. The predicted octanol–water partition coefficient (Wildman–Crippen LogP) is -2.72. The van der Waals surface area contributed by atoms with Crippen molar-refractivity contribution in [2.24, 2.45) is 0 Å². The number of rotatable bonds is 2. The van der Waals surface area contributed by atoms with Crippen LogP contribution >= 0.6 is 0 Å². The fourth-order valence-electron chi connectivity index (χ4n) is 1.20. The second-order valence-corrected chi connectivity index (χ2v) is 2.80. The van der Waals surface area contributed by atoms with E-state index in [0.717, 1.165) is 0 Å². The highest BCUT2D eigenvalue weighted by Crippen LogP contribution is 2.21. The summed E-state index contributed by atoms with van der Waals surface area (Å²) in [4.78, 5) is 3.82. The molecule has 5 N–H and O–H groups in total. The maximum Gasteiger partial charge on any atom is 0.184 e. The molecule has 7 nitrogen and oxygen atoms in total. The van der Waals surface area contributed by atoms with E-state index < -0.39 is 37.3 Å². The summed E-state index contributed by atoms with van der Waals surface area (Å²) in [6.07, 6.45) is -7.02. The number of hydrogen-bond acceptors (Lipinski definition) is 7. The molecule has 13 heavy (non-hydrogen) atoms. The van der Waals surface area contributed by atoms with Gasteiger partial charge in [-0.3, -0.25) is 5.26 Å². The fraction of sp³-hybridized carbons (Fsp3) is 1.00. The molecule has 1 heterocycles. The lowest BCUT2D eigenvalue weighted by Gasteiger charge is -2.38. The molecule has 78 valence electrons. The summed E-state index contributed by atoms with van der Waals surface area (Å²) < 4.78 is 4.63. The molecule has 0 amide bonds. The second-order valence-electron chi connectivity index (χ2n) is 2.80. The summed E-state index contributed by atoms with van der Waals surface area (Å²) in [5.74, 6) is 0. The van der Waals surface area contributed by atoms with Gasteiger partial charge in [-0.15, -0.1) is 0 Å². The average molecular weight is 196 g/mol. The number of ether oxygens (including phenoxy) is 1. The van der Waals surface area contributed by atoms with E-state index in [1.807, 2.05) is 0 Å². The molecule has 0 radical (unpaired) electrons. The van der Waals surface area contributed by atoms with Crippen molar-refractivity contribution < 1.29 is 35.3 Å². The molecule has 0 unspecified atom stereocenters. The molecule has 0 saturated carbocycles. The van der Waals surface area contributed by atoms with Crippen LogP contribution in [0.4, 0.5) is 0 Å². The van der Waals surface area contributed by atoms with E-state index in [0.29, 0.717) is 0 Å². The first-order chi connectivity index (χ1) is 6.11. The Labute approximate surface area is 73.7 Å². The Bertz CT molecular complexity index is 161. The smallest absolute Gasteiger partial charge is 0.184 e. The van der Waals surface area contributed by atoms with Crippen molar-refractivity contribution in [2.45, 2.75) is 30.7 Å². The zero-order valence-corrected chi connectivity index (χ0v) is 6.65. The molecule has 5 atom stereocenters. The summed E-state index contributed by atoms with van der Waals surface area (Å²) in [5.41, 5.74) is 0. The first-order valence-corrected chi connectivity index (χ1v) is 3.72. The van der Waals surface area contributed by atoms with Crippen LogP contribution in [0.1, 0.15) is 0 Å². The van der Waals surface area contributed by atoms with Crippen LogP contribution in [0.2, 0.25) is 0 Å². The van der Waals surface area contributed by atoms with Gasteiger partial charge in [0.2, 0.25) is 0 Å². The van der Waals surface area contributed by atoms with Crippen LogP contribution in [-0.4, -0.2) is 63.0 Å². The molecule has 0 spiro atoms. The van der Waals surface area contributed by atoms with E-state index in [1.54, 1.807) is 0 Å². The first kappa shape index (κ1) is 10.8. The zero-order chi connectivity index (χ0) is 10.0. The molecular formula is C6H12O7. The predicted molar refractivity (Wildman–Crippen MR) is 37.5 cm³/mol. The number of aliphatic hydroxyl groups is 4. The Morgan fingerprint density at radius 1 is 1.15 bits per heavy atom. The van der Waals surface area contributed by atoms with Gasteiger partial charge in [-0.2, -0.15) is 0 Å². The molecule has 1 rings (SSSR count). The maximum atomic E-state index is 9.22. The van der Waals surface area contributed by atoms with Gasteiger partial charge in [-0.05, 0) is 0 Å². The molecule has 1 aliphatic rings. The Morgan fingerprint density at radius 3 is 2.23 bits per heavy atom. The van der Waals surface area contributed by atoms with E-state index in [-0.39, 0.29) is 0 Å². The summed E-state index contributed by atoms with van der Waals surface area (Å²) in [5, 5.41) is 44.3. The fourth-order valence-corrected chi connectivity index (χ4v) is 1.20. The van der Waals surface area contributed by atoms with Gasteiger partial charge in [0.25, 0.3) is 0 Å². The van der Waals surface area contributed by atoms with Crippen LogP contribution in [-0.2, 0) is 9.62 Å². The molecule has 0 aromatic rings. The third-order valence-corrected chi connectivity index (χ3v) is 1.96. The highest BCUT2D eigenvalue weighted by Gasteiger charge is 2.44. The van der Waals surface area contributed by atoms with Crippen molar-refractivity contribution in [1.82, 2.24) is 0 Å². The first-order valence-electron chi connectivity index (χ1n) is 3.72. The van der Waals surface area contributed by atoms with Gasteiger partial charge in [-0.25, -0.2) is 4.89 Å². The van der Waals surface area contributed by atoms with Gasteiger partial charge in [-0.1, -0.05) is 0 Å². The van der Waals surface area contributed by atoms with Crippen LogP contribution in [0.3, 0.4) is 0 Å². The molecule has 1 aliphatic heterocycles. The average Bonchev–Trinajstić information content (AvgIpc) is 2.13. The topological polar surface area (TPSA) is 120 Å². The summed E-state index contributed by atoms with van der Waals surface area (Å²) in [6.45, 7) is -0.550. The van der Waals surface area contributed by atoms with Crippen molar-refractivity contribution in [3.8, 4) is 0 Å². The van der Waals surface area contributed by atoms with Crippen LogP contribution in [0.5, 0.6) is 0 Å². The minimum atomic E-state index is -1.60. The van der Waals surface area contributed by atoms with Crippen molar-refractivity contribution >= 4 is 0 Å². The van der Waals surface area contributed by atoms with Crippen LogP contribution in [0.15, 0.2) is 0 Å². The third kappa shape index (κ3) is 1.97. The van der Waals surface area contributed by atoms with Gasteiger partial charge in [0.05, 0.1) is 6.61 Å². The maximum absolute atomic E-state index is 9.22. The minimum absolute atomic E-state index is 0.550. The van der Waals surface area contributed by atoms with E-state index in [9.17, 15) is 5.11 Å². The molecule has 0 bridgehead atoms. The van der Waals surface area contributed by atoms with Crippen LogP contribution < -0.4 is 0 Å². The quantitative estimate of drug-likeness (QED) is 0.240. The zero-order valence-electron chi connectivity index (χ0n) is 6.65. The number of aliphatic hydroxyl groups excluding tert-OH is 4. The Hall–Kier alpha value is -0.280. The van der Waals surface area contributed by atoms with Gasteiger partial charge in [0, 0.05) is 0 Å². The molecule has 1 fully saturated rings. The Morgan fingerprint density at radius 2 is 1.77 bits per heavy atom.